The largest absolute Gasteiger partial charge is 0.492 e. The van der Waals surface area contributed by atoms with Gasteiger partial charge in [-0.2, -0.15) is 0 Å². The summed E-state index contributed by atoms with van der Waals surface area (Å²) in [5.74, 6) is 1.81. The lowest BCUT2D eigenvalue weighted by atomic mass is 10.1. The highest BCUT2D eigenvalue weighted by atomic mass is 16.5. The molecular weight excluding hydrogens is 326 g/mol. The van der Waals surface area contributed by atoms with Crippen LogP contribution in [0.1, 0.15) is 19.4 Å². The number of hydrogen-bond acceptors (Lipinski definition) is 4. The molecule has 0 aliphatic heterocycles. The molecule has 0 radical (unpaired) electrons. The van der Waals surface area contributed by atoms with E-state index in [0.29, 0.717) is 13.2 Å². The molecule has 2 aromatic carbocycles. The monoisotopic (exact) mass is 355 g/mol. The Bertz CT molecular complexity index is 857. The maximum atomic E-state index is 5.92. The summed E-state index contributed by atoms with van der Waals surface area (Å²) < 4.78 is 11.8. The van der Waals surface area contributed by atoms with E-state index in [0.717, 1.165) is 48.7 Å². The Morgan fingerprint density at radius 2 is 1.50 bits per heavy atom. The van der Waals surface area contributed by atoms with Crippen molar-refractivity contribution in [2.45, 2.75) is 20.8 Å². The molecule has 3 N–H and O–H groups in total. The Balaban J connectivity index is 1.84. The minimum Gasteiger partial charge on any atom is -0.492 e. The van der Waals surface area contributed by atoms with Gasteiger partial charge in [0.25, 0.3) is 0 Å². The lowest BCUT2D eigenvalue weighted by Gasteiger charge is -2.08. The normalized spacial score (nSPS) is 11.3. The van der Waals surface area contributed by atoms with Gasteiger partial charge in [-0.1, -0.05) is 13.8 Å². The maximum Gasteiger partial charge on any atom is 0.120 e. The number of aryl methyl sites for hydroxylation is 1. The number of hydrogen-bond donors (Lipinski definition) is 3. The van der Waals surface area contributed by atoms with Crippen molar-refractivity contribution in [3.63, 3.8) is 0 Å². The first-order valence-corrected chi connectivity index (χ1v) is 9.46. The first-order chi connectivity index (χ1) is 12.7. The Hall–Kier alpha value is -2.24. The second-order valence-corrected chi connectivity index (χ2v) is 6.40. The van der Waals surface area contributed by atoms with Crippen molar-refractivity contribution in [1.29, 1.82) is 0 Å². The van der Waals surface area contributed by atoms with Gasteiger partial charge >= 0.3 is 0 Å². The molecule has 140 valence electrons. The number of aromatic nitrogens is 1. The summed E-state index contributed by atoms with van der Waals surface area (Å²) >= 11 is 0. The number of H-pyrrole nitrogens is 1. The molecular formula is C21H29N3O2. The predicted molar refractivity (Wildman–Crippen MR) is 109 cm³/mol. The van der Waals surface area contributed by atoms with E-state index in [-0.39, 0.29) is 0 Å². The van der Waals surface area contributed by atoms with Gasteiger partial charge in [-0.05, 0) is 55.9 Å². The number of nitrogens with one attached hydrogen (secondary N) is 3. The minimum absolute atomic E-state index is 0.666. The lowest BCUT2D eigenvalue weighted by molar-refractivity contribution is 0.315. The summed E-state index contributed by atoms with van der Waals surface area (Å²) in [7, 11) is 0. The SMILES string of the molecule is CCNCCOc1ccc2[nH]c3c(C)cc(OCCNCC)cc3c2c1. The number of aromatic amines is 1. The molecule has 0 saturated carbocycles. The van der Waals surface area contributed by atoms with E-state index in [2.05, 4.69) is 60.7 Å². The van der Waals surface area contributed by atoms with Crippen LogP contribution in [0.4, 0.5) is 0 Å². The van der Waals surface area contributed by atoms with Gasteiger partial charge in [0, 0.05) is 34.9 Å². The first kappa shape index (κ1) is 18.5. The van der Waals surface area contributed by atoms with Gasteiger partial charge in [0.15, 0.2) is 0 Å². The molecule has 0 spiro atoms. The van der Waals surface area contributed by atoms with E-state index in [1.54, 1.807) is 0 Å². The van der Waals surface area contributed by atoms with Crippen LogP contribution in [0.3, 0.4) is 0 Å². The average molecular weight is 355 g/mol. The van der Waals surface area contributed by atoms with Crippen LogP contribution in [-0.4, -0.2) is 44.4 Å². The van der Waals surface area contributed by atoms with Gasteiger partial charge in [-0.3, -0.25) is 0 Å². The number of ether oxygens (including phenoxy) is 2. The summed E-state index contributed by atoms with van der Waals surface area (Å²) in [6, 6.07) is 10.4. The van der Waals surface area contributed by atoms with E-state index in [9.17, 15) is 0 Å². The van der Waals surface area contributed by atoms with Crippen LogP contribution in [0.15, 0.2) is 30.3 Å². The minimum atomic E-state index is 0.666. The highest BCUT2D eigenvalue weighted by Crippen LogP contribution is 2.33. The molecule has 0 fully saturated rings. The van der Waals surface area contributed by atoms with E-state index in [4.69, 9.17) is 9.47 Å². The van der Waals surface area contributed by atoms with E-state index in [1.807, 2.05) is 6.07 Å². The van der Waals surface area contributed by atoms with Crippen molar-refractivity contribution in [2.24, 2.45) is 0 Å². The average Bonchev–Trinajstić information content (AvgIpc) is 3.01. The van der Waals surface area contributed by atoms with Crippen molar-refractivity contribution < 1.29 is 9.47 Å². The Morgan fingerprint density at radius 1 is 0.846 bits per heavy atom. The molecule has 0 aliphatic carbocycles. The van der Waals surface area contributed by atoms with Crippen LogP contribution in [-0.2, 0) is 0 Å². The van der Waals surface area contributed by atoms with Crippen molar-refractivity contribution in [3.05, 3.63) is 35.9 Å². The third-order valence-electron chi connectivity index (χ3n) is 4.45. The number of rotatable bonds is 10. The molecule has 0 atom stereocenters. The Morgan fingerprint density at radius 3 is 2.19 bits per heavy atom. The number of fused-ring (bicyclic) bond motifs is 3. The lowest BCUT2D eigenvalue weighted by Crippen LogP contribution is -2.20. The van der Waals surface area contributed by atoms with Gasteiger partial charge in [0.1, 0.15) is 24.7 Å². The zero-order valence-electron chi connectivity index (χ0n) is 15.9. The fourth-order valence-corrected chi connectivity index (χ4v) is 3.13. The molecule has 0 bridgehead atoms. The summed E-state index contributed by atoms with van der Waals surface area (Å²) in [6.07, 6.45) is 0. The Kier molecular flexibility index (Phi) is 6.36. The van der Waals surface area contributed by atoms with Gasteiger partial charge in [0.05, 0.1) is 0 Å². The van der Waals surface area contributed by atoms with E-state index >= 15 is 0 Å². The summed E-state index contributed by atoms with van der Waals surface area (Å²) in [6.45, 7) is 11.3. The maximum absolute atomic E-state index is 5.92. The molecule has 3 rings (SSSR count). The summed E-state index contributed by atoms with van der Waals surface area (Å²) in [5.41, 5.74) is 3.46. The standard InChI is InChI=1S/C21H29N3O2/c1-4-22-8-10-25-16-6-7-20-18(13-16)19-14-17(26-11-9-23-5-2)12-15(3)21(19)24-20/h6-7,12-14,22-24H,4-5,8-11H2,1-3H3. The highest BCUT2D eigenvalue weighted by molar-refractivity contribution is 6.09. The van der Waals surface area contributed by atoms with Crippen LogP contribution < -0.4 is 20.1 Å². The molecule has 0 aliphatic rings. The topological polar surface area (TPSA) is 58.3 Å². The second kappa shape index (κ2) is 8.92. The highest BCUT2D eigenvalue weighted by Gasteiger charge is 2.10. The molecule has 1 aromatic heterocycles. The van der Waals surface area contributed by atoms with Crippen LogP contribution in [0.25, 0.3) is 21.8 Å². The Labute approximate surface area is 155 Å². The fourth-order valence-electron chi connectivity index (χ4n) is 3.13. The molecule has 5 nitrogen and oxygen atoms in total. The van der Waals surface area contributed by atoms with Crippen LogP contribution >= 0.6 is 0 Å². The number of benzene rings is 2. The zero-order chi connectivity index (χ0) is 18.4. The van der Waals surface area contributed by atoms with Crippen LogP contribution in [0.2, 0.25) is 0 Å². The summed E-state index contributed by atoms with van der Waals surface area (Å²) in [4.78, 5) is 3.52. The van der Waals surface area contributed by atoms with Crippen LogP contribution in [0.5, 0.6) is 11.5 Å². The van der Waals surface area contributed by atoms with Crippen molar-refractivity contribution in [2.75, 3.05) is 39.4 Å². The van der Waals surface area contributed by atoms with Crippen LogP contribution in [0, 0.1) is 6.92 Å². The van der Waals surface area contributed by atoms with Gasteiger partial charge in [0.2, 0.25) is 0 Å². The molecule has 0 saturated heterocycles. The molecule has 3 aromatic rings. The third kappa shape index (κ3) is 4.29. The first-order valence-electron chi connectivity index (χ1n) is 9.46. The second-order valence-electron chi connectivity index (χ2n) is 6.40. The van der Waals surface area contributed by atoms with Gasteiger partial charge in [-0.15, -0.1) is 0 Å². The van der Waals surface area contributed by atoms with Gasteiger partial charge < -0.3 is 25.1 Å². The molecule has 26 heavy (non-hydrogen) atoms. The zero-order valence-corrected chi connectivity index (χ0v) is 15.9. The van der Waals surface area contributed by atoms with Crippen molar-refractivity contribution in [3.8, 4) is 11.5 Å². The molecule has 0 amide bonds. The van der Waals surface area contributed by atoms with Crippen molar-refractivity contribution in [1.82, 2.24) is 15.6 Å². The number of likely N-dealkylation sites (N-methyl/N-ethyl adjacent to an activating group) is 2. The smallest absolute Gasteiger partial charge is 0.120 e. The molecule has 5 heteroatoms. The van der Waals surface area contributed by atoms with E-state index < -0.39 is 0 Å². The third-order valence-corrected chi connectivity index (χ3v) is 4.45. The van der Waals surface area contributed by atoms with Gasteiger partial charge in [-0.25, -0.2) is 0 Å². The van der Waals surface area contributed by atoms with Crippen molar-refractivity contribution >= 4 is 21.8 Å². The fraction of sp³-hybridized carbons (Fsp3) is 0.429. The summed E-state index contributed by atoms with van der Waals surface area (Å²) in [5, 5.41) is 8.89. The van der Waals surface area contributed by atoms with E-state index in [1.165, 1.54) is 16.3 Å². The molecule has 0 unspecified atom stereocenters. The molecule has 1 heterocycles. The quantitative estimate of drug-likeness (QED) is 0.486. The predicted octanol–water partition coefficient (Wildman–Crippen LogP) is 3.61.